The van der Waals surface area contributed by atoms with Crippen LogP contribution in [0.5, 0.6) is 0 Å². The molecule has 0 aliphatic carbocycles. The van der Waals surface area contributed by atoms with Gasteiger partial charge >= 0.3 is 0 Å². The molecule has 200 valence electrons. The van der Waals surface area contributed by atoms with Crippen molar-refractivity contribution < 1.29 is 24.0 Å². The molecule has 1 saturated heterocycles. The lowest BCUT2D eigenvalue weighted by Gasteiger charge is -2.23. The smallest absolute Gasteiger partial charge is 0.255 e. The minimum Gasteiger partial charge on any atom is -0.425 e. The molecule has 1 aliphatic rings. The Labute approximate surface area is 228 Å². The molecule has 39 heavy (non-hydrogen) atoms. The topological polar surface area (TPSA) is 159 Å². The number of pyridine rings is 1. The van der Waals surface area contributed by atoms with Crippen LogP contribution in [0.25, 0.3) is 22.2 Å². The number of hydrogen-bond donors (Lipinski definition) is 3. The first kappa shape index (κ1) is 26.2. The van der Waals surface area contributed by atoms with Crippen LogP contribution in [0, 0.1) is 5.41 Å². The van der Waals surface area contributed by atoms with Gasteiger partial charge in [0.2, 0.25) is 11.8 Å². The number of nitrogens with zero attached hydrogens (tertiary/aromatic N) is 6. The van der Waals surface area contributed by atoms with Gasteiger partial charge in [0.1, 0.15) is 34.9 Å². The Hall–Kier alpha value is -4.46. The molecule has 1 fully saturated rings. The number of fused-ring (bicyclic) bond motifs is 1. The zero-order chi connectivity index (χ0) is 27.8. The van der Waals surface area contributed by atoms with E-state index in [1.807, 2.05) is 0 Å². The van der Waals surface area contributed by atoms with Crippen LogP contribution in [-0.4, -0.2) is 70.9 Å². The van der Waals surface area contributed by atoms with Gasteiger partial charge in [0, 0.05) is 30.5 Å². The van der Waals surface area contributed by atoms with Gasteiger partial charge in [-0.25, -0.2) is 14.4 Å². The molecule has 2 atom stereocenters. The molecule has 14 heteroatoms. The molecule has 0 unspecified atom stereocenters. The van der Waals surface area contributed by atoms with E-state index in [2.05, 4.69) is 36.3 Å². The fourth-order valence-electron chi connectivity index (χ4n) is 4.51. The summed E-state index contributed by atoms with van der Waals surface area (Å²) in [4.78, 5) is 48.0. The highest BCUT2D eigenvalue weighted by atomic mass is 79.9. The summed E-state index contributed by atoms with van der Waals surface area (Å²) in [6.07, 6.45) is -0.248. The van der Waals surface area contributed by atoms with E-state index in [1.165, 1.54) is 28.8 Å². The van der Waals surface area contributed by atoms with Gasteiger partial charge in [-0.1, -0.05) is 12.1 Å². The van der Waals surface area contributed by atoms with Gasteiger partial charge in [0.05, 0.1) is 17.8 Å². The standard InChI is InChI=1S/C25H22BrFN8O4/c1-13(36)23-16-9-14(17-7-8-35(39)25(28)29-17)5-6-18(16)34(32-23)12-22(37)33-11-15(27)10-19(33)24(38)31-21-4-2-3-20(26)30-21/h2-9,15,19,28,39H,10-12H2,1H3,(H,30,31,38)/t15-,19+/m1/s1. The summed E-state index contributed by atoms with van der Waals surface area (Å²) < 4.78 is 16.8. The van der Waals surface area contributed by atoms with Crippen LogP contribution in [-0.2, 0) is 16.1 Å². The van der Waals surface area contributed by atoms with Gasteiger partial charge < -0.3 is 15.4 Å². The maximum absolute atomic E-state index is 14.4. The van der Waals surface area contributed by atoms with E-state index in [-0.39, 0.29) is 42.4 Å². The summed E-state index contributed by atoms with van der Waals surface area (Å²) in [7, 11) is 0. The third-order valence-electron chi connectivity index (χ3n) is 6.32. The number of benzene rings is 1. The van der Waals surface area contributed by atoms with E-state index in [0.29, 0.717) is 31.5 Å². The Morgan fingerprint density at radius 2 is 2.00 bits per heavy atom. The highest BCUT2D eigenvalue weighted by Gasteiger charge is 2.40. The van der Waals surface area contributed by atoms with E-state index in [1.54, 1.807) is 36.4 Å². The van der Waals surface area contributed by atoms with Crippen molar-refractivity contribution in [3.8, 4) is 11.3 Å². The van der Waals surface area contributed by atoms with Crippen molar-refractivity contribution in [1.82, 2.24) is 29.4 Å². The zero-order valence-electron chi connectivity index (χ0n) is 20.5. The summed E-state index contributed by atoms with van der Waals surface area (Å²) >= 11 is 3.23. The number of hydrogen-bond acceptors (Lipinski definition) is 8. The second kappa shape index (κ2) is 10.4. The molecule has 12 nitrogen and oxygen atoms in total. The van der Waals surface area contributed by atoms with Crippen LogP contribution in [0.15, 0.2) is 53.3 Å². The number of Topliss-reactive ketones (excluding diaryl/α,β-unsaturated/α-hetero) is 1. The van der Waals surface area contributed by atoms with Gasteiger partial charge in [-0.2, -0.15) is 9.83 Å². The van der Waals surface area contributed by atoms with E-state index in [9.17, 15) is 24.0 Å². The first-order valence-corrected chi connectivity index (χ1v) is 12.6. The lowest BCUT2D eigenvalue weighted by molar-refractivity contribution is -0.137. The summed E-state index contributed by atoms with van der Waals surface area (Å²) in [6.45, 7) is 0.786. The van der Waals surface area contributed by atoms with E-state index in [4.69, 9.17) is 5.41 Å². The zero-order valence-corrected chi connectivity index (χ0v) is 22.1. The fourth-order valence-corrected chi connectivity index (χ4v) is 4.85. The van der Waals surface area contributed by atoms with E-state index >= 15 is 0 Å². The van der Waals surface area contributed by atoms with Crippen molar-refractivity contribution in [3.63, 3.8) is 0 Å². The Bertz CT molecular complexity index is 1690. The summed E-state index contributed by atoms with van der Waals surface area (Å²) in [5.41, 5.74) is 1.20. The molecular formula is C25H22BrFN8O4. The molecule has 1 aliphatic heterocycles. The van der Waals surface area contributed by atoms with Gasteiger partial charge in [-0.3, -0.25) is 24.5 Å². The summed E-state index contributed by atoms with van der Waals surface area (Å²) in [5, 5.41) is 24.7. The van der Waals surface area contributed by atoms with Crippen molar-refractivity contribution in [3.05, 3.63) is 64.6 Å². The molecule has 3 aromatic heterocycles. The molecule has 0 radical (unpaired) electrons. The normalized spacial score (nSPS) is 16.9. The maximum atomic E-state index is 14.4. The molecular weight excluding hydrogens is 575 g/mol. The van der Waals surface area contributed by atoms with Crippen LogP contribution >= 0.6 is 15.9 Å². The molecule has 3 N–H and O–H groups in total. The third-order valence-corrected chi connectivity index (χ3v) is 6.76. The predicted molar refractivity (Wildman–Crippen MR) is 140 cm³/mol. The number of carbonyl (C=O) groups is 3. The molecule has 4 heterocycles. The number of rotatable bonds is 6. The number of amides is 2. The van der Waals surface area contributed by atoms with Crippen molar-refractivity contribution in [2.24, 2.45) is 0 Å². The minimum atomic E-state index is -1.37. The Balaban J connectivity index is 1.42. The average Bonchev–Trinajstić information content (AvgIpc) is 3.46. The number of halogens is 2. The average molecular weight is 597 g/mol. The highest BCUT2D eigenvalue weighted by Crippen LogP contribution is 2.27. The summed E-state index contributed by atoms with van der Waals surface area (Å²) in [5.74, 6) is -1.15. The van der Waals surface area contributed by atoms with Crippen LogP contribution in [0.1, 0.15) is 23.8 Å². The SMILES string of the molecule is CC(=O)c1nn(CC(=O)N2C[C@H](F)C[C@H]2C(=O)Nc2cccc(Br)n2)c2ccc(-c3ccn(O)c(=N)n3)cc12. The van der Waals surface area contributed by atoms with Crippen LogP contribution in [0.2, 0.25) is 0 Å². The molecule has 4 aromatic rings. The van der Waals surface area contributed by atoms with E-state index in [0.717, 1.165) is 0 Å². The number of alkyl halides is 1. The largest absolute Gasteiger partial charge is 0.425 e. The molecule has 0 spiro atoms. The van der Waals surface area contributed by atoms with Crippen molar-refractivity contribution in [2.45, 2.75) is 32.1 Å². The second-order valence-corrected chi connectivity index (χ2v) is 9.82. The van der Waals surface area contributed by atoms with Gasteiger partial charge in [0.15, 0.2) is 5.78 Å². The molecule has 1 aromatic carbocycles. The van der Waals surface area contributed by atoms with Crippen molar-refractivity contribution in [2.75, 3.05) is 11.9 Å². The first-order chi connectivity index (χ1) is 18.6. The molecule has 0 saturated carbocycles. The molecule has 5 rings (SSSR count). The Morgan fingerprint density at radius 3 is 2.72 bits per heavy atom. The number of carbonyl (C=O) groups excluding carboxylic acids is 3. The van der Waals surface area contributed by atoms with Crippen molar-refractivity contribution in [1.29, 1.82) is 5.41 Å². The molecule has 2 amide bonds. The lowest BCUT2D eigenvalue weighted by Crippen LogP contribution is -2.44. The minimum absolute atomic E-state index is 0.124. The van der Waals surface area contributed by atoms with Crippen LogP contribution < -0.4 is 10.9 Å². The highest BCUT2D eigenvalue weighted by molar-refractivity contribution is 9.10. The van der Waals surface area contributed by atoms with Gasteiger partial charge in [-0.05, 0) is 46.3 Å². The molecule has 0 bridgehead atoms. The Kier molecular flexibility index (Phi) is 6.95. The van der Waals surface area contributed by atoms with Crippen LogP contribution in [0.4, 0.5) is 10.2 Å². The van der Waals surface area contributed by atoms with Gasteiger partial charge in [-0.15, -0.1) is 0 Å². The second-order valence-electron chi connectivity index (χ2n) is 9.01. The van der Waals surface area contributed by atoms with Gasteiger partial charge in [0.25, 0.3) is 5.62 Å². The number of likely N-dealkylation sites (tertiary alicyclic amines) is 1. The first-order valence-electron chi connectivity index (χ1n) is 11.8. The predicted octanol–water partition coefficient (Wildman–Crippen LogP) is 2.55. The van der Waals surface area contributed by atoms with Crippen molar-refractivity contribution >= 4 is 50.2 Å². The number of anilines is 1. The third kappa shape index (κ3) is 5.27. The van der Waals surface area contributed by atoms with Crippen LogP contribution in [0.3, 0.4) is 0 Å². The number of nitrogens with one attached hydrogen (secondary N) is 2. The number of aromatic nitrogens is 5. The quantitative estimate of drug-likeness (QED) is 0.175. The lowest BCUT2D eigenvalue weighted by atomic mass is 10.1. The fraction of sp³-hybridized carbons (Fsp3) is 0.240. The number of ketones is 1. The van der Waals surface area contributed by atoms with E-state index < -0.39 is 24.0 Å². The summed E-state index contributed by atoms with van der Waals surface area (Å²) in [6, 6.07) is 10.5. The maximum Gasteiger partial charge on any atom is 0.255 e. The monoisotopic (exact) mass is 596 g/mol. The Morgan fingerprint density at radius 1 is 1.21 bits per heavy atom.